The van der Waals surface area contributed by atoms with Crippen molar-refractivity contribution in [2.24, 2.45) is 0 Å². The van der Waals surface area contributed by atoms with Gasteiger partial charge in [-0.05, 0) is 75.1 Å². The number of fused-ring (bicyclic) bond motifs is 8. The number of nitrogens with one attached hydrogen (secondary N) is 1. The van der Waals surface area contributed by atoms with E-state index < -0.39 is 0 Å². The summed E-state index contributed by atoms with van der Waals surface area (Å²) in [6, 6.07) is 13.4. The molecule has 2 aliphatic rings. The zero-order valence-corrected chi connectivity index (χ0v) is 26.1. The Kier molecular flexibility index (Phi) is 9.16. The summed E-state index contributed by atoms with van der Waals surface area (Å²) in [6.07, 6.45) is 5.51. The number of amides is 2. The molecule has 4 aromatic rings. The third-order valence-corrected chi connectivity index (χ3v) is 8.35. The summed E-state index contributed by atoms with van der Waals surface area (Å²) in [5.74, 6) is 1.73. The first kappa shape index (κ1) is 30.4. The first-order valence-corrected chi connectivity index (χ1v) is 15.6. The highest BCUT2D eigenvalue weighted by Crippen LogP contribution is 2.41. The molecule has 2 amide bonds. The first-order chi connectivity index (χ1) is 21.9. The molecule has 0 fully saturated rings. The van der Waals surface area contributed by atoms with Gasteiger partial charge in [0.05, 0.1) is 13.7 Å². The van der Waals surface area contributed by atoms with Crippen LogP contribution in [-0.4, -0.2) is 88.8 Å². The van der Waals surface area contributed by atoms with E-state index in [2.05, 4.69) is 40.2 Å². The Hall–Kier alpha value is -4.64. The van der Waals surface area contributed by atoms with E-state index in [1.54, 1.807) is 42.2 Å². The fraction of sp³-hybridized carbons (Fsp3) is 0.412. The third-order valence-electron chi connectivity index (χ3n) is 8.35. The monoisotopic (exact) mass is 612 g/mol. The second kappa shape index (κ2) is 13.6. The molecule has 1 N–H and O–H groups in total. The van der Waals surface area contributed by atoms with Crippen molar-refractivity contribution in [3.63, 3.8) is 0 Å². The maximum Gasteiger partial charge on any atom is 0.274 e. The largest absolute Gasteiger partial charge is 0.496 e. The Morgan fingerprint density at radius 1 is 1.00 bits per heavy atom. The fourth-order valence-electron chi connectivity index (χ4n) is 5.86. The van der Waals surface area contributed by atoms with Gasteiger partial charge >= 0.3 is 0 Å². The Balaban J connectivity index is 1.33. The molecule has 0 saturated heterocycles. The number of nitrogens with zero attached hydrogens (tertiary/aromatic N) is 5. The summed E-state index contributed by atoms with van der Waals surface area (Å²) in [7, 11) is 1.63. The van der Waals surface area contributed by atoms with Gasteiger partial charge in [0.25, 0.3) is 11.8 Å². The van der Waals surface area contributed by atoms with Gasteiger partial charge in [-0.1, -0.05) is 0 Å². The predicted molar refractivity (Wildman–Crippen MR) is 170 cm³/mol. The van der Waals surface area contributed by atoms with Crippen molar-refractivity contribution in [1.29, 1.82) is 0 Å². The van der Waals surface area contributed by atoms with Crippen LogP contribution in [0.15, 0.2) is 54.9 Å². The van der Waals surface area contributed by atoms with E-state index in [0.717, 1.165) is 41.8 Å². The molecule has 0 unspecified atom stereocenters. The molecule has 4 bridgehead atoms. The number of rotatable bonds is 3. The van der Waals surface area contributed by atoms with Crippen LogP contribution < -0.4 is 19.5 Å². The molecule has 2 aromatic heterocycles. The highest BCUT2D eigenvalue weighted by atomic mass is 16.5. The second-order valence-corrected chi connectivity index (χ2v) is 11.7. The maximum atomic E-state index is 13.6. The van der Waals surface area contributed by atoms with Crippen LogP contribution in [0.1, 0.15) is 59.5 Å². The summed E-state index contributed by atoms with van der Waals surface area (Å²) in [5.41, 5.74) is 4.22. The van der Waals surface area contributed by atoms with E-state index in [1.165, 1.54) is 0 Å². The molecule has 0 aliphatic carbocycles. The molecule has 4 heterocycles. The number of carbonyl (C=O) groups excluding carboxylic acids is 2. The maximum absolute atomic E-state index is 13.6. The Labute approximate surface area is 263 Å². The lowest BCUT2D eigenvalue weighted by Gasteiger charge is -2.24. The first-order valence-electron chi connectivity index (χ1n) is 15.6. The molecule has 0 spiro atoms. The minimum absolute atomic E-state index is 0.154. The summed E-state index contributed by atoms with van der Waals surface area (Å²) in [5, 5.41) is 7.49. The molecule has 45 heavy (non-hydrogen) atoms. The zero-order valence-electron chi connectivity index (χ0n) is 26.1. The minimum atomic E-state index is -0.158. The molecule has 0 radical (unpaired) electrons. The third kappa shape index (κ3) is 6.73. The number of hydrogen-bond donors (Lipinski definition) is 1. The van der Waals surface area contributed by atoms with Crippen LogP contribution in [0.2, 0.25) is 0 Å². The molecular formula is C34H40N6O5. The van der Waals surface area contributed by atoms with Gasteiger partial charge in [-0.15, -0.1) is 0 Å². The van der Waals surface area contributed by atoms with E-state index >= 15 is 0 Å². The summed E-state index contributed by atoms with van der Waals surface area (Å²) < 4.78 is 20.1. The van der Waals surface area contributed by atoms with Gasteiger partial charge in [0.2, 0.25) is 0 Å². The smallest absolute Gasteiger partial charge is 0.274 e. The van der Waals surface area contributed by atoms with Gasteiger partial charge in [-0.3, -0.25) is 14.5 Å². The molecular weight excluding hydrogens is 572 g/mol. The SMILES string of the molecule is COc1ccc2cc1-c1cc3c(c(c1)OCCCN(C(=O)c1cc4ncccn4n1)CCCCNC2=O)OCCN(C(C)C)C3. The van der Waals surface area contributed by atoms with E-state index in [0.29, 0.717) is 80.3 Å². The van der Waals surface area contributed by atoms with E-state index in [1.807, 2.05) is 23.1 Å². The number of methoxy groups -OCH3 is 1. The van der Waals surface area contributed by atoms with Crippen molar-refractivity contribution < 1.29 is 23.8 Å². The standard InChI is InChI=1S/C34H40N6O5/c1-23(2)39-15-17-45-32-26(22-39)18-25-20-30(32)44-16-7-13-38(34(42)28-21-31-35-11-6-14-40(31)37-28)12-5-4-10-36-33(41)24-8-9-29(43-3)27(25)19-24/h6,8-9,11,14,18-21,23H,4-5,7,10,12-13,15-17,22H2,1-3H3,(H,36,41). The lowest BCUT2D eigenvalue weighted by Crippen LogP contribution is -2.34. The van der Waals surface area contributed by atoms with Crippen LogP contribution in [-0.2, 0) is 6.54 Å². The highest BCUT2D eigenvalue weighted by Gasteiger charge is 2.24. The van der Waals surface area contributed by atoms with Crippen molar-refractivity contribution in [2.45, 2.75) is 45.7 Å². The molecule has 6 rings (SSSR count). The van der Waals surface area contributed by atoms with Crippen molar-refractivity contribution in [3.05, 3.63) is 71.7 Å². The normalized spacial score (nSPS) is 16.6. The Morgan fingerprint density at radius 2 is 1.87 bits per heavy atom. The number of ether oxygens (including phenoxy) is 3. The summed E-state index contributed by atoms with van der Waals surface area (Å²) in [6.45, 7) is 8.32. The molecule has 0 atom stereocenters. The minimum Gasteiger partial charge on any atom is -0.496 e. The van der Waals surface area contributed by atoms with Gasteiger partial charge in [0.1, 0.15) is 12.4 Å². The van der Waals surface area contributed by atoms with E-state index in [4.69, 9.17) is 14.2 Å². The average molecular weight is 613 g/mol. The number of benzene rings is 2. The quantitative estimate of drug-likeness (QED) is 0.362. The zero-order chi connectivity index (χ0) is 31.3. The Bertz CT molecular complexity index is 1650. The molecule has 0 saturated carbocycles. The van der Waals surface area contributed by atoms with Crippen LogP contribution in [0.25, 0.3) is 16.8 Å². The second-order valence-electron chi connectivity index (χ2n) is 11.7. The number of hydrogen-bond acceptors (Lipinski definition) is 8. The predicted octanol–water partition coefficient (Wildman–Crippen LogP) is 4.44. The number of carbonyl (C=O) groups is 2. The van der Waals surface area contributed by atoms with Gasteiger partial charge in [0, 0.05) is 73.9 Å². The molecule has 2 aromatic carbocycles. The van der Waals surface area contributed by atoms with Crippen LogP contribution in [0, 0.1) is 0 Å². The fourth-order valence-corrected chi connectivity index (χ4v) is 5.86. The lowest BCUT2D eigenvalue weighted by atomic mass is 9.98. The van der Waals surface area contributed by atoms with Gasteiger partial charge < -0.3 is 24.4 Å². The molecule has 11 heteroatoms. The van der Waals surface area contributed by atoms with Gasteiger partial charge in [-0.25, -0.2) is 9.50 Å². The molecule has 11 nitrogen and oxygen atoms in total. The lowest BCUT2D eigenvalue weighted by molar-refractivity contribution is 0.0735. The van der Waals surface area contributed by atoms with Gasteiger partial charge in [0.15, 0.2) is 22.8 Å². The van der Waals surface area contributed by atoms with E-state index in [9.17, 15) is 9.59 Å². The average Bonchev–Trinajstić information content (AvgIpc) is 3.36. The van der Waals surface area contributed by atoms with Crippen LogP contribution >= 0.6 is 0 Å². The van der Waals surface area contributed by atoms with E-state index in [-0.39, 0.29) is 11.8 Å². The number of aromatic nitrogens is 3. The molecule has 2 aliphatic heterocycles. The Morgan fingerprint density at radius 3 is 2.69 bits per heavy atom. The summed E-state index contributed by atoms with van der Waals surface area (Å²) >= 11 is 0. The van der Waals surface area contributed by atoms with Crippen molar-refractivity contribution in [1.82, 2.24) is 29.7 Å². The topological polar surface area (TPSA) is 111 Å². The van der Waals surface area contributed by atoms with Crippen molar-refractivity contribution >= 4 is 17.5 Å². The van der Waals surface area contributed by atoms with Crippen LogP contribution in [0.5, 0.6) is 17.2 Å². The highest BCUT2D eigenvalue weighted by molar-refractivity contribution is 5.96. The van der Waals surface area contributed by atoms with Crippen LogP contribution in [0.4, 0.5) is 0 Å². The van der Waals surface area contributed by atoms with Crippen molar-refractivity contribution in [2.75, 3.05) is 46.5 Å². The molecule has 236 valence electrons. The summed E-state index contributed by atoms with van der Waals surface area (Å²) in [4.78, 5) is 35.3. The van der Waals surface area contributed by atoms with Crippen LogP contribution in [0.3, 0.4) is 0 Å². The van der Waals surface area contributed by atoms with Crippen molar-refractivity contribution in [3.8, 4) is 28.4 Å². The van der Waals surface area contributed by atoms with Gasteiger partial charge in [-0.2, -0.15) is 5.10 Å².